The van der Waals surface area contributed by atoms with Crippen LogP contribution >= 0.6 is 0 Å². The molecule has 2 unspecified atom stereocenters. The molecule has 0 radical (unpaired) electrons. The van der Waals surface area contributed by atoms with Crippen molar-refractivity contribution in [2.24, 2.45) is 5.73 Å². The zero-order chi connectivity index (χ0) is 10.7. The third-order valence-corrected chi connectivity index (χ3v) is 3.36. The molecular weight excluding hydrogens is 186 g/mol. The van der Waals surface area contributed by atoms with E-state index in [0.717, 1.165) is 12.1 Å². The van der Waals surface area contributed by atoms with Crippen molar-refractivity contribution in [3.05, 3.63) is 18.0 Å². The van der Waals surface area contributed by atoms with Crippen molar-refractivity contribution in [2.45, 2.75) is 57.5 Å². The molecule has 2 rings (SSSR count). The van der Waals surface area contributed by atoms with Crippen LogP contribution in [0.25, 0.3) is 0 Å². The summed E-state index contributed by atoms with van der Waals surface area (Å²) in [6.07, 6.45) is 9.66. The van der Waals surface area contributed by atoms with Crippen LogP contribution in [0.5, 0.6) is 0 Å². The van der Waals surface area contributed by atoms with Gasteiger partial charge in [0, 0.05) is 12.2 Å². The van der Waals surface area contributed by atoms with Crippen molar-refractivity contribution < 1.29 is 0 Å². The molecule has 2 N–H and O–H groups in total. The normalized spacial score (nSPS) is 28.4. The van der Waals surface area contributed by atoms with E-state index >= 15 is 0 Å². The summed E-state index contributed by atoms with van der Waals surface area (Å²) in [7, 11) is 0. The molecule has 1 aromatic rings. The van der Waals surface area contributed by atoms with Crippen molar-refractivity contribution in [3.8, 4) is 0 Å². The molecule has 1 aromatic heterocycles. The van der Waals surface area contributed by atoms with E-state index in [1.54, 1.807) is 0 Å². The molecule has 1 aliphatic carbocycles. The van der Waals surface area contributed by atoms with Gasteiger partial charge in [0.15, 0.2) is 0 Å². The van der Waals surface area contributed by atoms with E-state index in [4.69, 9.17) is 5.73 Å². The quantitative estimate of drug-likeness (QED) is 0.768. The van der Waals surface area contributed by atoms with Crippen LogP contribution in [-0.4, -0.2) is 15.8 Å². The van der Waals surface area contributed by atoms with Crippen LogP contribution in [-0.2, 0) is 0 Å². The number of hydrogen-bond donors (Lipinski definition) is 1. The Labute approximate surface area is 91.7 Å². The van der Waals surface area contributed by atoms with Crippen LogP contribution in [0.3, 0.4) is 0 Å². The fraction of sp³-hybridized carbons (Fsp3) is 0.750. The van der Waals surface area contributed by atoms with Gasteiger partial charge in [-0.15, -0.1) is 0 Å². The second-order valence-corrected chi connectivity index (χ2v) is 4.66. The van der Waals surface area contributed by atoms with Crippen LogP contribution in [0, 0.1) is 6.92 Å². The predicted molar refractivity (Wildman–Crippen MR) is 61.7 cm³/mol. The van der Waals surface area contributed by atoms with Gasteiger partial charge in [-0.25, -0.2) is 0 Å². The van der Waals surface area contributed by atoms with E-state index in [9.17, 15) is 0 Å². The Bertz CT molecular complexity index is 306. The number of nitrogens with zero attached hydrogens (tertiary/aromatic N) is 2. The van der Waals surface area contributed by atoms with Crippen LogP contribution in [0.15, 0.2) is 12.3 Å². The van der Waals surface area contributed by atoms with Gasteiger partial charge in [0.25, 0.3) is 0 Å². The maximum absolute atomic E-state index is 6.23. The first kappa shape index (κ1) is 10.7. The van der Waals surface area contributed by atoms with E-state index in [1.807, 2.05) is 6.92 Å². The number of hydrogen-bond acceptors (Lipinski definition) is 2. The molecule has 0 amide bonds. The molecule has 3 heteroatoms. The van der Waals surface area contributed by atoms with Gasteiger partial charge in [-0.3, -0.25) is 4.68 Å². The van der Waals surface area contributed by atoms with Crippen molar-refractivity contribution in [1.29, 1.82) is 0 Å². The molecule has 2 atom stereocenters. The Kier molecular flexibility index (Phi) is 3.41. The molecule has 0 spiro atoms. The van der Waals surface area contributed by atoms with Gasteiger partial charge in [0.2, 0.25) is 0 Å². The molecule has 15 heavy (non-hydrogen) atoms. The summed E-state index contributed by atoms with van der Waals surface area (Å²) in [5.74, 6) is 0. The lowest BCUT2D eigenvalue weighted by atomic mass is 9.93. The summed E-state index contributed by atoms with van der Waals surface area (Å²) >= 11 is 0. The van der Waals surface area contributed by atoms with E-state index in [-0.39, 0.29) is 6.04 Å². The molecule has 3 nitrogen and oxygen atoms in total. The lowest BCUT2D eigenvalue weighted by Gasteiger charge is -2.26. The molecule has 0 aromatic carbocycles. The Morgan fingerprint density at radius 1 is 1.27 bits per heavy atom. The molecule has 0 saturated heterocycles. The minimum atomic E-state index is 0.282. The average molecular weight is 207 g/mol. The first-order chi connectivity index (χ1) is 7.27. The van der Waals surface area contributed by atoms with E-state index in [1.165, 1.54) is 32.1 Å². The Morgan fingerprint density at radius 3 is 2.67 bits per heavy atom. The highest BCUT2D eigenvalue weighted by atomic mass is 15.3. The van der Waals surface area contributed by atoms with E-state index in [2.05, 4.69) is 22.0 Å². The molecule has 1 fully saturated rings. The first-order valence-corrected chi connectivity index (χ1v) is 6.05. The van der Waals surface area contributed by atoms with Crippen molar-refractivity contribution in [1.82, 2.24) is 9.78 Å². The van der Waals surface area contributed by atoms with Gasteiger partial charge in [-0.05, 0) is 25.8 Å². The SMILES string of the molecule is Cc1ccn(C2CCCCCCC2N)n1. The van der Waals surface area contributed by atoms with Gasteiger partial charge >= 0.3 is 0 Å². The van der Waals surface area contributed by atoms with Crippen molar-refractivity contribution >= 4 is 0 Å². The lowest BCUT2D eigenvalue weighted by molar-refractivity contribution is 0.306. The second kappa shape index (κ2) is 4.79. The summed E-state index contributed by atoms with van der Waals surface area (Å²) in [5, 5.41) is 4.49. The van der Waals surface area contributed by atoms with Crippen molar-refractivity contribution in [2.75, 3.05) is 0 Å². The summed E-state index contributed by atoms with van der Waals surface area (Å²) in [6, 6.07) is 2.76. The molecule has 0 bridgehead atoms. The second-order valence-electron chi connectivity index (χ2n) is 4.66. The number of rotatable bonds is 1. The highest BCUT2D eigenvalue weighted by molar-refractivity contribution is 4.97. The minimum absolute atomic E-state index is 0.282. The first-order valence-electron chi connectivity index (χ1n) is 6.05. The third-order valence-electron chi connectivity index (χ3n) is 3.36. The Morgan fingerprint density at radius 2 is 2.00 bits per heavy atom. The smallest absolute Gasteiger partial charge is 0.0670 e. The maximum Gasteiger partial charge on any atom is 0.0670 e. The van der Waals surface area contributed by atoms with Crippen LogP contribution in [0.4, 0.5) is 0 Å². The van der Waals surface area contributed by atoms with Crippen LogP contribution in [0.2, 0.25) is 0 Å². The number of aromatic nitrogens is 2. The summed E-state index contributed by atoms with van der Waals surface area (Å²) < 4.78 is 2.07. The van der Waals surface area contributed by atoms with Crippen LogP contribution < -0.4 is 5.73 Å². The highest BCUT2D eigenvalue weighted by Gasteiger charge is 2.21. The lowest BCUT2D eigenvalue weighted by Crippen LogP contribution is -2.33. The fourth-order valence-electron chi connectivity index (χ4n) is 2.44. The molecule has 84 valence electrons. The van der Waals surface area contributed by atoms with Gasteiger partial charge in [0.05, 0.1) is 11.7 Å². The largest absolute Gasteiger partial charge is 0.326 e. The van der Waals surface area contributed by atoms with Crippen molar-refractivity contribution in [3.63, 3.8) is 0 Å². The third kappa shape index (κ3) is 2.59. The van der Waals surface area contributed by atoms with E-state index in [0.29, 0.717) is 6.04 Å². The monoisotopic (exact) mass is 207 g/mol. The average Bonchev–Trinajstić information content (AvgIpc) is 2.59. The standard InChI is InChI=1S/C12H21N3/c1-10-8-9-15(14-10)12-7-5-3-2-4-6-11(12)13/h8-9,11-12H,2-7,13H2,1H3. The van der Waals surface area contributed by atoms with E-state index < -0.39 is 0 Å². The molecular formula is C12H21N3. The number of aryl methyl sites for hydroxylation is 1. The Hall–Kier alpha value is -0.830. The maximum atomic E-state index is 6.23. The zero-order valence-electron chi connectivity index (χ0n) is 9.52. The number of nitrogens with two attached hydrogens (primary N) is 1. The Balaban J connectivity index is 2.10. The molecule has 1 saturated carbocycles. The van der Waals surface area contributed by atoms with Crippen LogP contribution in [0.1, 0.15) is 50.3 Å². The van der Waals surface area contributed by atoms with Gasteiger partial charge in [-0.1, -0.05) is 25.7 Å². The van der Waals surface area contributed by atoms with Gasteiger partial charge in [-0.2, -0.15) is 5.10 Å². The minimum Gasteiger partial charge on any atom is -0.326 e. The summed E-state index contributed by atoms with van der Waals surface area (Å²) in [4.78, 5) is 0. The van der Waals surface area contributed by atoms with Gasteiger partial charge in [0.1, 0.15) is 0 Å². The fourth-order valence-corrected chi connectivity index (χ4v) is 2.44. The summed E-state index contributed by atoms with van der Waals surface area (Å²) in [6.45, 7) is 2.03. The topological polar surface area (TPSA) is 43.8 Å². The molecule has 1 heterocycles. The summed E-state index contributed by atoms with van der Waals surface area (Å²) in [5.41, 5.74) is 7.32. The molecule has 0 aliphatic heterocycles. The highest BCUT2D eigenvalue weighted by Crippen LogP contribution is 2.25. The molecule has 1 aliphatic rings. The van der Waals surface area contributed by atoms with Gasteiger partial charge < -0.3 is 5.73 Å². The predicted octanol–water partition coefficient (Wildman–Crippen LogP) is 2.41. The zero-order valence-corrected chi connectivity index (χ0v) is 9.52.